The van der Waals surface area contributed by atoms with Crippen molar-refractivity contribution in [3.63, 3.8) is 0 Å². The highest BCUT2D eigenvalue weighted by molar-refractivity contribution is 4.61. The lowest BCUT2D eigenvalue weighted by atomic mass is 10.2. The number of hydrogen-bond donors (Lipinski definition) is 1. The lowest BCUT2D eigenvalue weighted by Gasteiger charge is -2.23. The second kappa shape index (κ2) is 3.91. The van der Waals surface area contributed by atoms with Gasteiger partial charge in [0.25, 0.3) is 0 Å². The van der Waals surface area contributed by atoms with Crippen molar-refractivity contribution in [2.45, 2.75) is 32.2 Å². The van der Waals surface area contributed by atoms with E-state index in [4.69, 9.17) is 14.6 Å². The van der Waals surface area contributed by atoms with Crippen molar-refractivity contribution in [3.05, 3.63) is 0 Å². The molecule has 2 atom stereocenters. The Labute approximate surface area is 60.9 Å². The van der Waals surface area contributed by atoms with Crippen LogP contribution >= 0.6 is 0 Å². The fraction of sp³-hybridized carbons (Fsp3) is 1.00. The van der Waals surface area contributed by atoms with Crippen molar-refractivity contribution in [1.82, 2.24) is 0 Å². The normalized spacial score (nSPS) is 30.0. The molecular weight excluding hydrogens is 132 g/mol. The number of hydrogen-bond acceptors (Lipinski definition) is 3. The average Bonchev–Trinajstić information content (AvgIpc) is 1.88. The molecule has 0 spiro atoms. The molecule has 1 aliphatic heterocycles. The molecule has 10 heavy (non-hydrogen) atoms. The first-order valence-corrected chi connectivity index (χ1v) is 3.70. The fourth-order valence-electron chi connectivity index (χ4n) is 1.10. The molecule has 0 aromatic carbocycles. The summed E-state index contributed by atoms with van der Waals surface area (Å²) in [7, 11) is 0. The van der Waals surface area contributed by atoms with Crippen LogP contribution in [-0.2, 0) is 9.47 Å². The van der Waals surface area contributed by atoms with Gasteiger partial charge in [-0.25, -0.2) is 0 Å². The maximum Gasteiger partial charge on any atom is 0.152 e. The van der Waals surface area contributed by atoms with Gasteiger partial charge in [-0.15, -0.1) is 0 Å². The summed E-state index contributed by atoms with van der Waals surface area (Å²) in [6.07, 6.45) is 1.49. The number of rotatable bonds is 2. The molecule has 1 saturated heterocycles. The molecule has 1 rings (SSSR count). The van der Waals surface area contributed by atoms with Crippen LogP contribution in [0.4, 0.5) is 0 Å². The summed E-state index contributed by atoms with van der Waals surface area (Å²) in [6, 6.07) is 0. The zero-order valence-corrected chi connectivity index (χ0v) is 6.25. The van der Waals surface area contributed by atoms with Crippen molar-refractivity contribution < 1.29 is 14.6 Å². The standard InChI is InChI=1S/C7H14O3/c1-6(8)10-7-3-2-4-9-5-7/h6-8H,2-5H2,1H3. The molecule has 1 aliphatic rings. The van der Waals surface area contributed by atoms with Crippen LogP contribution in [0.1, 0.15) is 19.8 Å². The summed E-state index contributed by atoms with van der Waals surface area (Å²) >= 11 is 0. The van der Waals surface area contributed by atoms with E-state index >= 15 is 0 Å². The van der Waals surface area contributed by atoms with E-state index < -0.39 is 6.29 Å². The molecule has 0 amide bonds. The van der Waals surface area contributed by atoms with E-state index in [9.17, 15) is 0 Å². The quantitative estimate of drug-likeness (QED) is 0.577. The highest BCUT2D eigenvalue weighted by Crippen LogP contribution is 2.10. The maximum atomic E-state index is 8.83. The van der Waals surface area contributed by atoms with Gasteiger partial charge in [0, 0.05) is 6.61 Å². The number of aliphatic hydroxyl groups is 1. The first-order chi connectivity index (χ1) is 4.79. The van der Waals surface area contributed by atoms with Gasteiger partial charge in [0.15, 0.2) is 6.29 Å². The highest BCUT2D eigenvalue weighted by Gasteiger charge is 2.15. The van der Waals surface area contributed by atoms with Gasteiger partial charge in [-0.05, 0) is 19.8 Å². The Balaban J connectivity index is 2.13. The Morgan fingerprint density at radius 3 is 3.00 bits per heavy atom. The first-order valence-electron chi connectivity index (χ1n) is 3.70. The molecule has 0 aromatic rings. The molecule has 2 unspecified atom stereocenters. The van der Waals surface area contributed by atoms with E-state index in [1.165, 1.54) is 0 Å². The minimum Gasteiger partial charge on any atom is -0.379 e. The topological polar surface area (TPSA) is 38.7 Å². The first kappa shape index (κ1) is 7.98. The molecule has 0 saturated carbocycles. The Morgan fingerprint density at radius 1 is 1.70 bits per heavy atom. The van der Waals surface area contributed by atoms with Crippen LogP contribution < -0.4 is 0 Å². The van der Waals surface area contributed by atoms with Gasteiger partial charge in [-0.2, -0.15) is 0 Å². The van der Waals surface area contributed by atoms with E-state index in [0.29, 0.717) is 6.61 Å². The van der Waals surface area contributed by atoms with Gasteiger partial charge in [0.1, 0.15) is 0 Å². The third kappa shape index (κ3) is 2.64. The molecule has 0 aromatic heterocycles. The third-order valence-electron chi connectivity index (χ3n) is 1.51. The number of aliphatic hydroxyl groups excluding tert-OH is 1. The van der Waals surface area contributed by atoms with E-state index in [2.05, 4.69) is 0 Å². The summed E-state index contributed by atoms with van der Waals surface area (Å²) in [6.45, 7) is 3.08. The van der Waals surface area contributed by atoms with Gasteiger partial charge in [0.05, 0.1) is 12.7 Å². The van der Waals surface area contributed by atoms with Crippen LogP contribution in [0.2, 0.25) is 0 Å². The van der Waals surface area contributed by atoms with Crippen molar-refractivity contribution in [3.8, 4) is 0 Å². The summed E-state index contributed by atoms with van der Waals surface area (Å²) < 4.78 is 10.3. The Bertz CT molecular complexity index is 86.9. The predicted octanol–water partition coefficient (Wildman–Crippen LogP) is 0.520. The number of ether oxygens (including phenoxy) is 2. The highest BCUT2D eigenvalue weighted by atomic mass is 16.6. The van der Waals surface area contributed by atoms with Gasteiger partial charge in [-0.1, -0.05) is 0 Å². The molecule has 1 N–H and O–H groups in total. The molecule has 0 aliphatic carbocycles. The Kier molecular flexibility index (Phi) is 3.12. The average molecular weight is 146 g/mol. The monoisotopic (exact) mass is 146 g/mol. The minimum absolute atomic E-state index is 0.105. The molecule has 1 fully saturated rings. The molecule has 3 heteroatoms. The summed E-state index contributed by atoms with van der Waals surface area (Å²) in [4.78, 5) is 0. The third-order valence-corrected chi connectivity index (χ3v) is 1.51. The zero-order valence-electron chi connectivity index (χ0n) is 6.25. The van der Waals surface area contributed by atoms with Gasteiger partial charge in [0.2, 0.25) is 0 Å². The maximum absolute atomic E-state index is 8.83. The van der Waals surface area contributed by atoms with Crippen LogP contribution in [-0.4, -0.2) is 30.7 Å². The summed E-state index contributed by atoms with van der Waals surface area (Å²) in [5.41, 5.74) is 0. The fourth-order valence-corrected chi connectivity index (χ4v) is 1.10. The van der Waals surface area contributed by atoms with Crippen LogP contribution in [0.5, 0.6) is 0 Å². The van der Waals surface area contributed by atoms with Gasteiger partial charge < -0.3 is 14.6 Å². The van der Waals surface area contributed by atoms with Gasteiger partial charge in [-0.3, -0.25) is 0 Å². The Hall–Kier alpha value is -0.120. The minimum atomic E-state index is -0.660. The van der Waals surface area contributed by atoms with Crippen LogP contribution in [0, 0.1) is 0 Å². The van der Waals surface area contributed by atoms with E-state index in [0.717, 1.165) is 19.4 Å². The van der Waals surface area contributed by atoms with Crippen molar-refractivity contribution >= 4 is 0 Å². The van der Waals surface area contributed by atoms with E-state index in [-0.39, 0.29) is 6.10 Å². The molecular formula is C7H14O3. The molecule has 0 bridgehead atoms. The molecule has 1 heterocycles. The molecule has 3 nitrogen and oxygen atoms in total. The second-order valence-corrected chi connectivity index (χ2v) is 2.57. The Morgan fingerprint density at radius 2 is 2.50 bits per heavy atom. The summed E-state index contributed by atoms with van der Waals surface area (Å²) in [5.74, 6) is 0. The molecule has 0 radical (unpaired) electrons. The lowest BCUT2D eigenvalue weighted by molar-refractivity contribution is -0.155. The van der Waals surface area contributed by atoms with Crippen LogP contribution in [0.15, 0.2) is 0 Å². The zero-order chi connectivity index (χ0) is 7.40. The lowest BCUT2D eigenvalue weighted by Crippen LogP contribution is -2.28. The van der Waals surface area contributed by atoms with E-state index in [1.807, 2.05) is 0 Å². The van der Waals surface area contributed by atoms with E-state index in [1.54, 1.807) is 6.92 Å². The van der Waals surface area contributed by atoms with Crippen LogP contribution in [0.3, 0.4) is 0 Å². The second-order valence-electron chi connectivity index (χ2n) is 2.57. The largest absolute Gasteiger partial charge is 0.379 e. The summed E-state index contributed by atoms with van der Waals surface area (Å²) in [5, 5.41) is 8.83. The molecule has 60 valence electrons. The van der Waals surface area contributed by atoms with Crippen molar-refractivity contribution in [2.75, 3.05) is 13.2 Å². The predicted molar refractivity (Wildman–Crippen MR) is 36.6 cm³/mol. The smallest absolute Gasteiger partial charge is 0.152 e. The SMILES string of the molecule is CC(O)OC1CCCOC1. The van der Waals surface area contributed by atoms with Gasteiger partial charge >= 0.3 is 0 Å². The van der Waals surface area contributed by atoms with Crippen molar-refractivity contribution in [2.24, 2.45) is 0 Å². The van der Waals surface area contributed by atoms with Crippen LogP contribution in [0.25, 0.3) is 0 Å². The van der Waals surface area contributed by atoms with Crippen molar-refractivity contribution in [1.29, 1.82) is 0 Å².